The van der Waals surface area contributed by atoms with Crippen molar-refractivity contribution < 1.29 is 19.4 Å². The molecule has 0 aliphatic carbocycles. The molecular weight excluding hydrogens is 386 g/mol. The lowest BCUT2D eigenvalue weighted by molar-refractivity contribution is -0.143. The van der Waals surface area contributed by atoms with Gasteiger partial charge in [0, 0.05) is 5.25 Å². The van der Waals surface area contributed by atoms with E-state index in [1.54, 1.807) is 0 Å². The largest absolute Gasteiger partial charge is 0.467 e. The third kappa shape index (κ3) is 12.5. The van der Waals surface area contributed by atoms with Crippen LogP contribution in [0.5, 0.6) is 0 Å². The fraction of sp³-hybridized carbons (Fsp3) is 0.652. The minimum Gasteiger partial charge on any atom is -0.467 e. The quantitative estimate of drug-likeness (QED) is 0.265. The number of esters is 1. The van der Waals surface area contributed by atoms with Gasteiger partial charge in [-0.1, -0.05) is 82.2 Å². The number of carboxylic acid groups (broad SMARTS) is 1. The number of carbonyl (C=O) groups is 2. The maximum Gasteiger partial charge on any atom is 0.405 e. The number of benzene rings is 1. The second-order valence-corrected chi connectivity index (χ2v) is 8.83. The van der Waals surface area contributed by atoms with E-state index < -0.39 is 18.1 Å². The lowest BCUT2D eigenvalue weighted by Gasteiger charge is -2.22. The highest BCUT2D eigenvalue weighted by Gasteiger charge is 2.26. The van der Waals surface area contributed by atoms with Crippen LogP contribution in [0, 0.1) is 0 Å². The second kappa shape index (κ2) is 16.1. The first-order valence-corrected chi connectivity index (χ1v) is 11.8. The highest BCUT2D eigenvalue weighted by molar-refractivity contribution is 7.99. The van der Waals surface area contributed by atoms with Crippen molar-refractivity contribution in [1.82, 2.24) is 5.32 Å². The van der Waals surface area contributed by atoms with Crippen LogP contribution >= 0.6 is 11.8 Å². The van der Waals surface area contributed by atoms with Gasteiger partial charge in [-0.05, 0) is 30.6 Å². The summed E-state index contributed by atoms with van der Waals surface area (Å²) in [6.07, 6.45) is 10.3. The van der Waals surface area contributed by atoms with E-state index in [2.05, 4.69) is 24.4 Å². The van der Waals surface area contributed by atoms with Crippen molar-refractivity contribution in [2.75, 3.05) is 12.9 Å². The average Bonchev–Trinajstić information content (AvgIpc) is 2.71. The molecule has 0 aromatic heterocycles. The Hall–Kier alpha value is -1.69. The summed E-state index contributed by atoms with van der Waals surface area (Å²) in [5.41, 5.74) is 1.19. The molecule has 0 aliphatic heterocycles. The van der Waals surface area contributed by atoms with Crippen molar-refractivity contribution in [3.63, 3.8) is 0 Å². The van der Waals surface area contributed by atoms with E-state index in [1.165, 1.54) is 57.6 Å². The van der Waals surface area contributed by atoms with Crippen LogP contribution in [0.15, 0.2) is 30.3 Å². The molecule has 1 aromatic rings. The fourth-order valence-corrected chi connectivity index (χ4v) is 4.68. The van der Waals surface area contributed by atoms with Crippen LogP contribution in [0.3, 0.4) is 0 Å². The van der Waals surface area contributed by atoms with Crippen molar-refractivity contribution in [2.24, 2.45) is 0 Å². The molecule has 1 rings (SSSR count). The molecule has 0 radical (unpaired) electrons. The van der Waals surface area contributed by atoms with Crippen LogP contribution in [0.25, 0.3) is 0 Å². The molecule has 1 aromatic carbocycles. The van der Waals surface area contributed by atoms with Gasteiger partial charge in [-0.15, -0.1) is 0 Å². The molecule has 164 valence electrons. The minimum absolute atomic E-state index is 0.151. The molecule has 29 heavy (non-hydrogen) atoms. The van der Waals surface area contributed by atoms with Crippen molar-refractivity contribution in [3.8, 4) is 0 Å². The number of hydrogen-bond donors (Lipinski definition) is 2. The first-order chi connectivity index (χ1) is 14.1. The number of amides is 1. The van der Waals surface area contributed by atoms with Gasteiger partial charge in [0.25, 0.3) is 0 Å². The normalized spacial score (nSPS) is 12.9. The van der Waals surface area contributed by atoms with Crippen molar-refractivity contribution >= 4 is 23.8 Å². The summed E-state index contributed by atoms with van der Waals surface area (Å²) in [6.45, 7) is 2.24. The van der Waals surface area contributed by atoms with Crippen LogP contribution in [0.2, 0.25) is 0 Å². The van der Waals surface area contributed by atoms with Gasteiger partial charge in [-0.2, -0.15) is 11.8 Å². The number of nitrogens with one attached hydrogen (secondary N) is 1. The monoisotopic (exact) mass is 423 g/mol. The number of ether oxygens (including phenoxy) is 1. The SMILES string of the molecule is CCCCCCCCCCS[C@H](Cc1ccccc1)CC(NC(=O)O)C(=O)OC. The first-order valence-electron chi connectivity index (χ1n) is 10.8. The number of thioether (sulfide) groups is 1. The molecule has 0 aliphatic rings. The smallest absolute Gasteiger partial charge is 0.405 e. The first kappa shape index (κ1) is 25.3. The predicted molar refractivity (Wildman–Crippen MR) is 121 cm³/mol. The summed E-state index contributed by atoms with van der Waals surface area (Å²) < 4.78 is 4.79. The summed E-state index contributed by atoms with van der Waals surface area (Å²) in [5.74, 6) is 0.492. The summed E-state index contributed by atoms with van der Waals surface area (Å²) in [7, 11) is 1.29. The molecule has 2 N–H and O–H groups in total. The summed E-state index contributed by atoms with van der Waals surface area (Å²) in [4.78, 5) is 23.1. The molecule has 0 heterocycles. The topological polar surface area (TPSA) is 75.6 Å². The lowest BCUT2D eigenvalue weighted by atomic mass is 10.0. The van der Waals surface area contributed by atoms with E-state index in [4.69, 9.17) is 9.84 Å². The van der Waals surface area contributed by atoms with Gasteiger partial charge in [0.2, 0.25) is 0 Å². The number of rotatable bonds is 16. The zero-order valence-corrected chi connectivity index (χ0v) is 18.7. The molecule has 6 heteroatoms. The van der Waals surface area contributed by atoms with Crippen molar-refractivity contribution in [2.45, 2.75) is 82.4 Å². The molecule has 5 nitrogen and oxygen atoms in total. The average molecular weight is 424 g/mol. The summed E-state index contributed by atoms with van der Waals surface area (Å²) >= 11 is 1.83. The Balaban J connectivity index is 2.50. The highest BCUT2D eigenvalue weighted by atomic mass is 32.2. The highest BCUT2D eigenvalue weighted by Crippen LogP contribution is 2.24. The van der Waals surface area contributed by atoms with Crippen LogP contribution < -0.4 is 5.32 Å². The molecule has 0 saturated carbocycles. The zero-order valence-electron chi connectivity index (χ0n) is 17.9. The van der Waals surface area contributed by atoms with E-state index >= 15 is 0 Å². The number of methoxy groups -OCH3 is 1. The van der Waals surface area contributed by atoms with Crippen LogP contribution in [-0.2, 0) is 16.0 Å². The third-order valence-corrected chi connectivity index (χ3v) is 6.29. The Labute approximate surface area is 180 Å². The van der Waals surface area contributed by atoms with E-state index in [0.29, 0.717) is 6.42 Å². The molecule has 0 bridgehead atoms. The van der Waals surface area contributed by atoms with Gasteiger partial charge in [0.1, 0.15) is 6.04 Å². The molecule has 1 unspecified atom stereocenters. The minimum atomic E-state index is -1.20. The Morgan fingerprint density at radius 2 is 1.66 bits per heavy atom. The Morgan fingerprint density at radius 1 is 1.03 bits per heavy atom. The van der Waals surface area contributed by atoms with Crippen LogP contribution in [-0.4, -0.2) is 41.3 Å². The Bertz CT molecular complexity index is 567. The number of carbonyl (C=O) groups excluding carboxylic acids is 1. The Morgan fingerprint density at radius 3 is 2.24 bits per heavy atom. The molecule has 2 atom stereocenters. The third-order valence-electron chi connectivity index (χ3n) is 4.94. The summed E-state index contributed by atoms with van der Waals surface area (Å²) in [5, 5.41) is 11.5. The molecular formula is C23H37NO4S. The van der Waals surface area contributed by atoms with Gasteiger partial charge in [-0.3, -0.25) is 0 Å². The molecule has 0 spiro atoms. The van der Waals surface area contributed by atoms with Gasteiger partial charge in [0.15, 0.2) is 0 Å². The van der Waals surface area contributed by atoms with Crippen molar-refractivity contribution in [3.05, 3.63) is 35.9 Å². The van der Waals surface area contributed by atoms with Gasteiger partial charge < -0.3 is 15.2 Å². The number of hydrogen-bond acceptors (Lipinski definition) is 4. The molecule has 0 fully saturated rings. The van der Waals surface area contributed by atoms with E-state index in [1.807, 2.05) is 30.0 Å². The van der Waals surface area contributed by atoms with Crippen LogP contribution in [0.1, 0.15) is 70.3 Å². The lowest BCUT2D eigenvalue weighted by Crippen LogP contribution is -2.42. The standard InChI is InChI=1S/C23H37NO4S/c1-3-4-5-6-7-8-9-13-16-29-20(17-19-14-11-10-12-15-19)18-21(22(25)28-2)24-23(26)27/h10-12,14-15,20-21,24H,3-9,13,16-18H2,1-2H3,(H,26,27)/t20-,21?/m1/s1. The molecule has 1 amide bonds. The second-order valence-electron chi connectivity index (χ2n) is 7.42. The van der Waals surface area contributed by atoms with Gasteiger partial charge in [0.05, 0.1) is 7.11 Å². The van der Waals surface area contributed by atoms with Gasteiger partial charge >= 0.3 is 12.1 Å². The van der Waals surface area contributed by atoms with Gasteiger partial charge in [-0.25, -0.2) is 9.59 Å². The zero-order chi connectivity index (χ0) is 21.3. The maximum absolute atomic E-state index is 12.0. The van der Waals surface area contributed by atoms with Crippen LogP contribution in [0.4, 0.5) is 4.79 Å². The molecule has 0 saturated heterocycles. The summed E-state index contributed by atoms with van der Waals surface area (Å²) in [6, 6.07) is 9.29. The van der Waals surface area contributed by atoms with E-state index in [-0.39, 0.29) is 5.25 Å². The van der Waals surface area contributed by atoms with E-state index in [9.17, 15) is 9.59 Å². The fourth-order valence-electron chi connectivity index (χ4n) is 3.34. The van der Waals surface area contributed by atoms with Crippen molar-refractivity contribution in [1.29, 1.82) is 0 Å². The number of unbranched alkanes of at least 4 members (excludes halogenated alkanes) is 7. The predicted octanol–water partition coefficient (Wildman–Crippen LogP) is 5.67. The maximum atomic E-state index is 12.0. The Kier molecular flexibility index (Phi) is 14.1. The van der Waals surface area contributed by atoms with E-state index in [0.717, 1.165) is 18.6 Å².